The van der Waals surface area contributed by atoms with Crippen LogP contribution in [0.1, 0.15) is 28.7 Å². The molecule has 0 N–H and O–H groups in total. The Morgan fingerprint density at radius 3 is 1.33 bits per heavy atom. The van der Waals surface area contributed by atoms with Crippen molar-refractivity contribution >= 4 is 17.8 Å². The van der Waals surface area contributed by atoms with Crippen molar-refractivity contribution in [2.75, 3.05) is 13.1 Å². The van der Waals surface area contributed by atoms with E-state index in [4.69, 9.17) is 0 Å². The number of barbiturate groups is 1. The molecule has 5 nitrogen and oxygen atoms in total. The average molecular weight is 464 g/mol. The molecule has 33 heavy (non-hydrogen) atoms. The summed E-state index contributed by atoms with van der Waals surface area (Å²) in [6.45, 7) is 0.998. The van der Waals surface area contributed by atoms with Crippen LogP contribution in [-0.2, 0) is 22.4 Å². The first kappa shape index (κ1) is 24.4. The number of carbonyl (C=O) groups excluding carboxylic acids is 3. The second-order valence-electron chi connectivity index (χ2n) is 8.46. The zero-order valence-electron chi connectivity index (χ0n) is 18.3. The number of alkyl halides is 4. The highest BCUT2D eigenvalue weighted by Gasteiger charge is 2.46. The summed E-state index contributed by atoms with van der Waals surface area (Å²) in [7, 11) is 0. The lowest BCUT2D eigenvalue weighted by Gasteiger charge is -2.36. The Kier molecular flexibility index (Phi) is 6.90. The van der Waals surface area contributed by atoms with Crippen LogP contribution in [-0.4, -0.2) is 52.6 Å². The molecule has 9 heteroatoms. The van der Waals surface area contributed by atoms with Gasteiger partial charge in [-0.2, -0.15) is 0 Å². The quantitative estimate of drug-likeness (QED) is 0.426. The van der Waals surface area contributed by atoms with E-state index in [0.29, 0.717) is 11.1 Å². The maximum Gasteiger partial charge on any atom is 0.333 e. The summed E-state index contributed by atoms with van der Waals surface area (Å²) in [6.07, 6.45) is -2.42. The number of hydrogen-bond donors (Lipinski definition) is 0. The van der Waals surface area contributed by atoms with E-state index in [2.05, 4.69) is 0 Å². The fourth-order valence-corrected chi connectivity index (χ4v) is 3.57. The van der Waals surface area contributed by atoms with Crippen LogP contribution in [0.25, 0.3) is 0 Å². The number of benzene rings is 2. The van der Waals surface area contributed by atoms with Gasteiger partial charge in [-0.15, -0.1) is 0 Å². The van der Waals surface area contributed by atoms with Crippen molar-refractivity contribution in [3.63, 3.8) is 0 Å². The minimum absolute atomic E-state index is 0.192. The lowest BCUT2D eigenvalue weighted by Crippen LogP contribution is -2.60. The maximum atomic E-state index is 14.6. The van der Waals surface area contributed by atoms with E-state index in [1.165, 1.54) is 24.3 Å². The van der Waals surface area contributed by atoms with Crippen LogP contribution in [0.2, 0.25) is 0 Å². The predicted molar refractivity (Wildman–Crippen MR) is 113 cm³/mol. The van der Waals surface area contributed by atoms with E-state index in [9.17, 15) is 31.9 Å². The number of amides is 4. The van der Waals surface area contributed by atoms with Gasteiger partial charge in [-0.3, -0.25) is 19.4 Å². The van der Waals surface area contributed by atoms with E-state index >= 15 is 0 Å². The molecule has 0 radical (unpaired) electrons. The number of nitrogens with zero attached hydrogens (tertiary/aromatic N) is 2. The van der Waals surface area contributed by atoms with Gasteiger partial charge in [-0.1, -0.05) is 59.7 Å². The van der Waals surface area contributed by atoms with Crippen molar-refractivity contribution in [3.8, 4) is 0 Å². The molecule has 176 valence electrons. The van der Waals surface area contributed by atoms with E-state index in [-0.39, 0.29) is 9.80 Å². The number of urea groups is 1. The Hall–Kier alpha value is -3.23. The molecule has 1 saturated heterocycles. The van der Waals surface area contributed by atoms with Gasteiger partial charge in [0.1, 0.15) is 6.42 Å². The molecular weight excluding hydrogens is 440 g/mol. The van der Waals surface area contributed by atoms with Gasteiger partial charge in [0.2, 0.25) is 11.8 Å². The second-order valence-corrected chi connectivity index (χ2v) is 8.46. The van der Waals surface area contributed by atoms with Gasteiger partial charge in [0.05, 0.1) is 13.1 Å². The van der Waals surface area contributed by atoms with Crippen molar-refractivity contribution in [1.29, 1.82) is 0 Å². The van der Waals surface area contributed by atoms with E-state index in [1.807, 2.05) is 0 Å². The van der Waals surface area contributed by atoms with E-state index in [1.54, 1.807) is 38.1 Å². The first-order chi connectivity index (χ1) is 15.3. The first-order valence-corrected chi connectivity index (χ1v) is 10.4. The average Bonchev–Trinajstić information content (AvgIpc) is 2.72. The van der Waals surface area contributed by atoms with Crippen LogP contribution in [0, 0.1) is 13.8 Å². The zero-order chi connectivity index (χ0) is 24.4. The molecule has 4 amide bonds. The molecular formula is C24H24F4N2O3. The summed E-state index contributed by atoms with van der Waals surface area (Å²) in [6, 6.07) is 11.2. The van der Waals surface area contributed by atoms with Gasteiger partial charge < -0.3 is 0 Å². The number of rotatable bonds is 8. The van der Waals surface area contributed by atoms with Gasteiger partial charge >= 0.3 is 6.03 Å². The molecule has 2 aromatic carbocycles. The highest BCUT2D eigenvalue weighted by molar-refractivity contribution is 6.14. The first-order valence-electron chi connectivity index (χ1n) is 10.4. The predicted octanol–water partition coefficient (Wildman–Crippen LogP) is 4.54. The molecule has 3 rings (SSSR count). The van der Waals surface area contributed by atoms with Gasteiger partial charge in [0.15, 0.2) is 0 Å². The zero-order valence-corrected chi connectivity index (χ0v) is 18.3. The van der Waals surface area contributed by atoms with E-state index < -0.39 is 62.0 Å². The Balaban J connectivity index is 1.71. The van der Waals surface area contributed by atoms with Crippen LogP contribution in [0.4, 0.5) is 22.4 Å². The van der Waals surface area contributed by atoms with Gasteiger partial charge in [-0.05, 0) is 25.0 Å². The Bertz CT molecular complexity index is 955. The van der Waals surface area contributed by atoms with Crippen molar-refractivity contribution in [3.05, 3.63) is 70.8 Å². The maximum absolute atomic E-state index is 14.6. The molecule has 1 heterocycles. The van der Waals surface area contributed by atoms with Gasteiger partial charge in [-0.25, -0.2) is 22.4 Å². The minimum Gasteiger partial charge on any atom is -0.274 e. The second kappa shape index (κ2) is 9.33. The normalized spacial score (nSPS) is 15.4. The molecule has 2 aromatic rings. The summed E-state index contributed by atoms with van der Waals surface area (Å²) in [5, 5.41) is 0. The Morgan fingerprint density at radius 1 is 0.667 bits per heavy atom. The van der Waals surface area contributed by atoms with E-state index in [0.717, 1.165) is 11.1 Å². The van der Waals surface area contributed by atoms with Crippen molar-refractivity contribution in [1.82, 2.24) is 9.80 Å². The Labute approximate surface area is 189 Å². The minimum atomic E-state index is -3.50. The smallest absolute Gasteiger partial charge is 0.274 e. The van der Waals surface area contributed by atoms with Crippen molar-refractivity contribution in [2.24, 2.45) is 0 Å². The third-order valence-electron chi connectivity index (χ3n) is 5.31. The molecule has 1 aliphatic heterocycles. The summed E-state index contributed by atoms with van der Waals surface area (Å²) < 4.78 is 58.5. The molecule has 0 bridgehead atoms. The topological polar surface area (TPSA) is 57.7 Å². The number of hydrogen-bond acceptors (Lipinski definition) is 3. The largest absolute Gasteiger partial charge is 0.333 e. The van der Waals surface area contributed by atoms with Gasteiger partial charge in [0, 0.05) is 12.8 Å². The third-order valence-corrected chi connectivity index (χ3v) is 5.31. The molecule has 0 unspecified atom stereocenters. The van der Waals surface area contributed by atoms with Gasteiger partial charge in [0.25, 0.3) is 11.8 Å². The summed E-state index contributed by atoms with van der Waals surface area (Å²) in [5.41, 5.74) is 2.34. The van der Waals surface area contributed by atoms with Crippen LogP contribution in [0.3, 0.4) is 0 Å². The molecule has 0 saturated carbocycles. The lowest BCUT2D eigenvalue weighted by molar-refractivity contribution is -0.149. The highest BCUT2D eigenvalue weighted by atomic mass is 19.3. The summed E-state index contributed by atoms with van der Waals surface area (Å²) in [4.78, 5) is 37.3. The Morgan fingerprint density at radius 2 is 1.00 bits per heavy atom. The molecule has 0 spiro atoms. The highest BCUT2D eigenvalue weighted by Crippen LogP contribution is 2.27. The summed E-state index contributed by atoms with van der Waals surface area (Å²) in [5.74, 6) is -9.27. The monoisotopic (exact) mass is 464 g/mol. The fourth-order valence-electron chi connectivity index (χ4n) is 3.57. The lowest BCUT2D eigenvalue weighted by atomic mass is 10.0. The molecule has 1 fully saturated rings. The molecule has 0 aromatic heterocycles. The number of halogens is 4. The number of carbonyl (C=O) groups is 3. The number of aryl methyl sites for hydroxylation is 2. The third kappa shape index (κ3) is 6.40. The van der Waals surface area contributed by atoms with Crippen molar-refractivity contribution < 1.29 is 31.9 Å². The molecule has 0 atom stereocenters. The SMILES string of the molecule is Cc1ccc(CC(F)(F)CN2C(=O)CC(=O)N(CC(F)(F)Cc3ccc(C)cc3)C2=O)cc1. The molecule has 0 aliphatic carbocycles. The standard InChI is InChI=1S/C24H24F4N2O3/c1-16-3-7-18(8-4-16)12-23(25,26)14-29-20(31)11-21(32)30(22(29)33)15-24(27,28)13-19-9-5-17(2)6-10-19/h3-10H,11-15H2,1-2H3. The van der Waals surface area contributed by atoms with Crippen molar-refractivity contribution in [2.45, 2.75) is 45.0 Å². The number of imide groups is 2. The molecule has 1 aliphatic rings. The fraction of sp³-hybridized carbons (Fsp3) is 0.375. The van der Waals surface area contributed by atoms with Crippen LogP contribution in [0.15, 0.2) is 48.5 Å². The van der Waals surface area contributed by atoms with Crippen LogP contribution in [0.5, 0.6) is 0 Å². The summed E-state index contributed by atoms with van der Waals surface area (Å²) >= 11 is 0. The van der Waals surface area contributed by atoms with Crippen LogP contribution < -0.4 is 0 Å². The van der Waals surface area contributed by atoms with Crippen LogP contribution >= 0.6 is 0 Å².